The zero-order valence-electron chi connectivity index (χ0n) is 11.9. The molecular formula is C12H13F4NO5S. The third-order valence-electron chi connectivity index (χ3n) is 2.64. The molecule has 0 heterocycles. The first-order chi connectivity index (χ1) is 10.3. The van der Waals surface area contributed by atoms with Gasteiger partial charge < -0.3 is 9.84 Å². The van der Waals surface area contributed by atoms with Crippen molar-refractivity contribution in [3.63, 3.8) is 0 Å². The second-order valence-electron chi connectivity index (χ2n) is 4.80. The topological polar surface area (TPSA) is 92.7 Å². The average Bonchev–Trinajstić information content (AvgIpc) is 2.33. The van der Waals surface area contributed by atoms with Gasteiger partial charge in [-0.15, -0.1) is 13.2 Å². The van der Waals surface area contributed by atoms with Gasteiger partial charge >= 0.3 is 12.3 Å². The standard InChI is InChI=1S/C12H13F4NO5S/c1-6(2)9(11(18)19)17-23(20,21)10-7(13)4-3-5-8(10)22-12(14,15)16/h3-6,9,17H,1-2H3,(H,18,19). The van der Waals surface area contributed by atoms with Crippen molar-refractivity contribution in [1.82, 2.24) is 4.72 Å². The number of alkyl halides is 3. The van der Waals surface area contributed by atoms with Crippen LogP contribution in [0.3, 0.4) is 0 Å². The fourth-order valence-corrected chi connectivity index (χ4v) is 3.18. The third-order valence-corrected chi connectivity index (χ3v) is 4.14. The van der Waals surface area contributed by atoms with Crippen LogP contribution in [0.5, 0.6) is 5.75 Å². The van der Waals surface area contributed by atoms with E-state index in [4.69, 9.17) is 5.11 Å². The molecule has 0 aromatic heterocycles. The SMILES string of the molecule is CC(C)C(NS(=O)(=O)c1c(F)cccc1OC(F)(F)F)C(=O)O. The minimum absolute atomic E-state index is 0.607. The molecule has 0 aliphatic carbocycles. The van der Waals surface area contributed by atoms with Gasteiger partial charge in [-0.1, -0.05) is 19.9 Å². The summed E-state index contributed by atoms with van der Waals surface area (Å²) in [4.78, 5) is 9.60. The lowest BCUT2D eigenvalue weighted by atomic mass is 10.1. The number of carboxylic acid groups (broad SMARTS) is 1. The maximum absolute atomic E-state index is 13.8. The predicted molar refractivity (Wildman–Crippen MR) is 69.7 cm³/mol. The number of nitrogens with one attached hydrogen (secondary N) is 1. The molecule has 130 valence electrons. The third kappa shape index (κ3) is 5.06. The van der Waals surface area contributed by atoms with Crippen molar-refractivity contribution in [2.45, 2.75) is 31.1 Å². The van der Waals surface area contributed by atoms with Gasteiger partial charge in [0.05, 0.1) is 0 Å². The molecule has 1 atom stereocenters. The van der Waals surface area contributed by atoms with Gasteiger partial charge in [-0.25, -0.2) is 12.8 Å². The number of ether oxygens (including phenoxy) is 1. The highest BCUT2D eigenvalue weighted by Gasteiger charge is 2.37. The monoisotopic (exact) mass is 359 g/mol. The van der Waals surface area contributed by atoms with E-state index in [9.17, 15) is 30.8 Å². The van der Waals surface area contributed by atoms with Crippen LogP contribution in [0.15, 0.2) is 23.1 Å². The second kappa shape index (κ2) is 6.71. The number of hydrogen-bond donors (Lipinski definition) is 2. The van der Waals surface area contributed by atoms with Gasteiger partial charge in [-0.2, -0.15) is 4.72 Å². The molecule has 6 nitrogen and oxygen atoms in total. The molecule has 0 fully saturated rings. The lowest BCUT2D eigenvalue weighted by Gasteiger charge is -2.20. The Bertz CT molecular complexity index is 687. The van der Waals surface area contributed by atoms with Crippen LogP contribution < -0.4 is 9.46 Å². The minimum atomic E-state index is -5.25. The van der Waals surface area contributed by atoms with Gasteiger partial charge in [0, 0.05) is 0 Å². The number of carbonyl (C=O) groups is 1. The summed E-state index contributed by atoms with van der Waals surface area (Å²) in [6.07, 6.45) is -5.25. The minimum Gasteiger partial charge on any atom is -0.480 e. The first-order valence-corrected chi connectivity index (χ1v) is 7.63. The fraction of sp³-hybridized carbons (Fsp3) is 0.417. The summed E-state index contributed by atoms with van der Waals surface area (Å²) in [5.74, 6) is -5.09. The van der Waals surface area contributed by atoms with Crippen LogP contribution in [-0.2, 0) is 14.8 Å². The molecule has 1 aromatic carbocycles. The molecule has 1 aromatic rings. The van der Waals surface area contributed by atoms with E-state index in [2.05, 4.69) is 4.74 Å². The number of benzene rings is 1. The van der Waals surface area contributed by atoms with Crippen LogP contribution in [0.25, 0.3) is 0 Å². The lowest BCUT2D eigenvalue weighted by Crippen LogP contribution is -2.44. The van der Waals surface area contributed by atoms with E-state index >= 15 is 0 Å². The van der Waals surface area contributed by atoms with Crippen molar-refractivity contribution in [1.29, 1.82) is 0 Å². The Morgan fingerprint density at radius 3 is 2.30 bits per heavy atom. The first kappa shape index (κ1) is 19.2. The fourth-order valence-electron chi connectivity index (χ4n) is 1.65. The molecule has 0 saturated carbocycles. The van der Waals surface area contributed by atoms with Crippen LogP contribution in [0, 0.1) is 11.7 Å². The molecule has 1 rings (SSSR count). The van der Waals surface area contributed by atoms with E-state index in [0.29, 0.717) is 12.1 Å². The molecule has 0 aliphatic heterocycles. The Labute approximate surface area is 129 Å². The van der Waals surface area contributed by atoms with Crippen molar-refractivity contribution in [3.8, 4) is 5.75 Å². The van der Waals surface area contributed by atoms with Crippen molar-refractivity contribution in [2.24, 2.45) is 5.92 Å². The van der Waals surface area contributed by atoms with Crippen LogP contribution in [0.2, 0.25) is 0 Å². The smallest absolute Gasteiger partial charge is 0.480 e. The summed E-state index contributed by atoms with van der Waals surface area (Å²) in [7, 11) is -4.91. The van der Waals surface area contributed by atoms with E-state index in [1.165, 1.54) is 13.8 Å². The zero-order valence-corrected chi connectivity index (χ0v) is 12.7. The van der Waals surface area contributed by atoms with Crippen LogP contribution in [-0.4, -0.2) is 31.9 Å². The quantitative estimate of drug-likeness (QED) is 0.759. The molecule has 0 bridgehead atoms. The Hall–Kier alpha value is -1.88. The molecule has 1 unspecified atom stereocenters. The summed E-state index contributed by atoms with van der Waals surface area (Å²) >= 11 is 0. The Morgan fingerprint density at radius 1 is 1.30 bits per heavy atom. The summed E-state index contributed by atoms with van der Waals surface area (Å²) in [6, 6.07) is 0.393. The highest BCUT2D eigenvalue weighted by atomic mass is 32.2. The maximum atomic E-state index is 13.8. The Balaban J connectivity index is 3.35. The predicted octanol–water partition coefficient (Wildman–Crippen LogP) is 2.11. The molecule has 2 N–H and O–H groups in total. The number of halogens is 4. The van der Waals surface area contributed by atoms with Gasteiger partial charge in [0.1, 0.15) is 11.9 Å². The van der Waals surface area contributed by atoms with E-state index < -0.39 is 50.8 Å². The van der Waals surface area contributed by atoms with E-state index in [1.54, 1.807) is 4.72 Å². The van der Waals surface area contributed by atoms with E-state index in [-0.39, 0.29) is 0 Å². The van der Waals surface area contributed by atoms with Crippen molar-refractivity contribution >= 4 is 16.0 Å². The lowest BCUT2D eigenvalue weighted by molar-refractivity contribution is -0.275. The molecular weight excluding hydrogens is 346 g/mol. The van der Waals surface area contributed by atoms with Gasteiger partial charge in [-0.05, 0) is 18.1 Å². The van der Waals surface area contributed by atoms with Crippen LogP contribution >= 0.6 is 0 Å². The summed E-state index contributed by atoms with van der Waals surface area (Å²) in [5.41, 5.74) is 0. The number of aliphatic carboxylic acids is 1. The first-order valence-electron chi connectivity index (χ1n) is 6.14. The molecule has 11 heteroatoms. The van der Waals surface area contributed by atoms with Gasteiger partial charge in [0.2, 0.25) is 10.0 Å². The van der Waals surface area contributed by atoms with Crippen LogP contribution in [0.1, 0.15) is 13.8 Å². The van der Waals surface area contributed by atoms with Crippen molar-refractivity contribution in [3.05, 3.63) is 24.0 Å². The summed E-state index contributed by atoms with van der Waals surface area (Å²) < 4.78 is 80.1. The normalized spacial score (nSPS) is 13.9. The molecule has 23 heavy (non-hydrogen) atoms. The summed E-state index contributed by atoms with van der Waals surface area (Å²) in [5, 5.41) is 8.95. The molecule has 0 amide bonds. The molecule has 0 saturated heterocycles. The number of rotatable bonds is 6. The summed E-state index contributed by atoms with van der Waals surface area (Å²) in [6.45, 7) is 2.74. The molecule has 0 aliphatic rings. The van der Waals surface area contributed by atoms with Gasteiger partial charge in [-0.3, -0.25) is 4.79 Å². The Kier molecular flexibility index (Phi) is 5.59. The van der Waals surface area contributed by atoms with Gasteiger partial charge in [0.25, 0.3) is 0 Å². The average molecular weight is 359 g/mol. The van der Waals surface area contributed by atoms with Gasteiger partial charge in [0.15, 0.2) is 10.6 Å². The van der Waals surface area contributed by atoms with Crippen molar-refractivity contribution in [2.75, 3.05) is 0 Å². The number of hydrogen-bond acceptors (Lipinski definition) is 4. The number of carboxylic acids is 1. The van der Waals surface area contributed by atoms with Crippen molar-refractivity contribution < 1.29 is 40.6 Å². The molecule has 0 radical (unpaired) electrons. The highest BCUT2D eigenvalue weighted by Crippen LogP contribution is 2.31. The van der Waals surface area contributed by atoms with E-state index in [1.807, 2.05) is 0 Å². The zero-order chi connectivity index (χ0) is 18.0. The Morgan fingerprint density at radius 2 is 1.87 bits per heavy atom. The number of sulfonamides is 1. The maximum Gasteiger partial charge on any atom is 0.573 e. The largest absolute Gasteiger partial charge is 0.573 e. The molecule has 0 spiro atoms. The highest BCUT2D eigenvalue weighted by molar-refractivity contribution is 7.89. The second-order valence-corrected chi connectivity index (χ2v) is 6.45. The van der Waals surface area contributed by atoms with E-state index in [0.717, 1.165) is 6.07 Å². The van der Waals surface area contributed by atoms with Crippen LogP contribution in [0.4, 0.5) is 17.6 Å².